The van der Waals surface area contributed by atoms with Gasteiger partial charge in [0.25, 0.3) is 0 Å². The van der Waals surface area contributed by atoms with Gasteiger partial charge in [0.05, 0.1) is 13.2 Å². The van der Waals surface area contributed by atoms with Crippen molar-refractivity contribution in [2.45, 2.75) is 61.4 Å². The van der Waals surface area contributed by atoms with Gasteiger partial charge in [-0.05, 0) is 0 Å². The van der Waals surface area contributed by atoms with Crippen molar-refractivity contribution in [1.29, 1.82) is 0 Å². The van der Waals surface area contributed by atoms with Gasteiger partial charge in [-0.1, -0.05) is 0 Å². The summed E-state index contributed by atoms with van der Waals surface area (Å²) in [7, 11) is 0. The highest BCUT2D eigenvalue weighted by molar-refractivity contribution is 4.93. The van der Waals surface area contributed by atoms with E-state index in [9.17, 15) is 35.7 Å². The first-order valence-electron chi connectivity index (χ1n) is 7.08. The number of ether oxygens (including phenoxy) is 3. The van der Waals surface area contributed by atoms with Crippen LogP contribution < -0.4 is 0 Å². The number of hydrogen-bond acceptors (Lipinski definition) is 11. The van der Waals surface area contributed by atoms with Gasteiger partial charge >= 0.3 is 0 Å². The fourth-order valence-corrected chi connectivity index (χ4v) is 2.57. The van der Waals surface area contributed by atoms with E-state index in [0.717, 1.165) is 0 Å². The first-order valence-corrected chi connectivity index (χ1v) is 7.08. The Morgan fingerprint density at radius 2 is 1.26 bits per heavy atom. The van der Waals surface area contributed by atoms with Crippen LogP contribution in [0.2, 0.25) is 0 Å². The highest BCUT2D eigenvalue weighted by atomic mass is 16.7. The van der Waals surface area contributed by atoms with Gasteiger partial charge < -0.3 is 55.1 Å². The molecule has 0 saturated carbocycles. The summed E-state index contributed by atoms with van der Waals surface area (Å²) >= 11 is 0. The van der Waals surface area contributed by atoms with Crippen LogP contribution in [-0.4, -0.2) is 115 Å². The zero-order valence-electron chi connectivity index (χ0n) is 12.0. The smallest absolute Gasteiger partial charge is 0.187 e. The molecule has 2 heterocycles. The molecule has 0 radical (unpaired) electrons. The summed E-state index contributed by atoms with van der Waals surface area (Å²) < 4.78 is 15.3. The SMILES string of the molecule is OC[C@@H]1O[C@@H](O[C@H]2[C@@H](O)[C@@H](O)[C@@H](O)O[C@H]2CO)[C@@H](O)[C@@H](O)[C@H]1O. The fourth-order valence-electron chi connectivity index (χ4n) is 2.57. The van der Waals surface area contributed by atoms with Crippen molar-refractivity contribution < 1.29 is 55.1 Å². The quantitative estimate of drug-likeness (QED) is 0.243. The average molecular weight is 342 g/mol. The van der Waals surface area contributed by atoms with E-state index < -0.39 is 74.6 Å². The molecule has 0 aromatic rings. The van der Waals surface area contributed by atoms with Gasteiger partial charge in [0.1, 0.15) is 48.8 Å². The van der Waals surface area contributed by atoms with E-state index in [2.05, 4.69) is 0 Å². The molecule has 11 heteroatoms. The molecule has 2 aliphatic rings. The second kappa shape index (κ2) is 7.63. The van der Waals surface area contributed by atoms with E-state index in [1.165, 1.54) is 0 Å². The molecule has 0 bridgehead atoms. The molecule has 23 heavy (non-hydrogen) atoms. The molecule has 8 N–H and O–H groups in total. The summed E-state index contributed by atoms with van der Waals surface area (Å²) in [4.78, 5) is 0. The Hall–Kier alpha value is -0.440. The molecule has 2 saturated heterocycles. The van der Waals surface area contributed by atoms with Crippen molar-refractivity contribution in [3.8, 4) is 0 Å². The fraction of sp³-hybridized carbons (Fsp3) is 1.00. The van der Waals surface area contributed by atoms with Crippen LogP contribution in [0, 0.1) is 0 Å². The second-order valence-electron chi connectivity index (χ2n) is 5.53. The van der Waals surface area contributed by atoms with Crippen LogP contribution >= 0.6 is 0 Å². The first-order chi connectivity index (χ1) is 10.8. The topological polar surface area (TPSA) is 190 Å². The number of rotatable bonds is 4. The molecule has 136 valence electrons. The molecule has 2 aliphatic heterocycles. The van der Waals surface area contributed by atoms with E-state index in [1.54, 1.807) is 0 Å². The van der Waals surface area contributed by atoms with Crippen molar-refractivity contribution in [3.63, 3.8) is 0 Å². The van der Waals surface area contributed by atoms with Crippen LogP contribution in [0.1, 0.15) is 0 Å². The molecule has 0 aromatic carbocycles. The maximum absolute atomic E-state index is 9.94. The van der Waals surface area contributed by atoms with Gasteiger partial charge in [0.2, 0.25) is 0 Å². The van der Waals surface area contributed by atoms with Crippen LogP contribution in [0.4, 0.5) is 0 Å². The molecule has 0 unspecified atom stereocenters. The highest BCUT2D eigenvalue weighted by Gasteiger charge is 2.50. The maximum atomic E-state index is 9.94. The molecule has 2 fully saturated rings. The number of hydrogen-bond donors (Lipinski definition) is 8. The average Bonchev–Trinajstić information content (AvgIpc) is 2.55. The standard InChI is InChI=1S/C12H22O11/c13-1-3-5(15)6(16)9(19)12(22-3)23-10-4(2-14)21-11(20)8(18)7(10)17/h3-20H,1-2H2/t3-,4-,5-,6-,7-,8+,9-,10+,11-,12-/m0/s1. The molecule has 0 aliphatic carbocycles. The van der Waals surface area contributed by atoms with E-state index in [1.807, 2.05) is 0 Å². The van der Waals surface area contributed by atoms with Crippen LogP contribution in [0.5, 0.6) is 0 Å². The van der Waals surface area contributed by atoms with Gasteiger partial charge in [0, 0.05) is 0 Å². The highest BCUT2D eigenvalue weighted by Crippen LogP contribution is 2.28. The van der Waals surface area contributed by atoms with Crippen LogP contribution in [0.3, 0.4) is 0 Å². The normalized spacial score (nSPS) is 51.7. The molecule has 0 amide bonds. The van der Waals surface area contributed by atoms with Crippen molar-refractivity contribution in [3.05, 3.63) is 0 Å². The van der Waals surface area contributed by atoms with E-state index >= 15 is 0 Å². The minimum Gasteiger partial charge on any atom is -0.394 e. The molecule has 10 atom stereocenters. The lowest BCUT2D eigenvalue weighted by Crippen LogP contribution is -2.64. The first kappa shape index (κ1) is 18.9. The summed E-state index contributed by atoms with van der Waals surface area (Å²) in [5.41, 5.74) is 0. The predicted octanol–water partition coefficient (Wildman–Crippen LogP) is -5.40. The molecule has 0 spiro atoms. The molecule has 2 rings (SSSR count). The van der Waals surface area contributed by atoms with E-state index in [4.69, 9.17) is 19.3 Å². The molecular weight excluding hydrogens is 320 g/mol. The third-order valence-electron chi connectivity index (χ3n) is 3.98. The third-order valence-corrected chi connectivity index (χ3v) is 3.98. The lowest BCUT2D eigenvalue weighted by Gasteiger charge is -2.45. The Kier molecular flexibility index (Phi) is 6.27. The van der Waals surface area contributed by atoms with Gasteiger partial charge in [0.15, 0.2) is 12.6 Å². The Balaban J connectivity index is 2.11. The minimum atomic E-state index is -1.74. The maximum Gasteiger partial charge on any atom is 0.187 e. The minimum absolute atomic E-state index is 0.667. The number of aliphatic hydroxyl groups excluding tert-OH is 8. The zero-order chi connectivity index (χ0) is 17.3. The zero-order valence-corrected chi connectivity index (χ0v) is 12.0. The Bertz CT molecular complexity index is 378. The number of aliphatic hydroxyl groups is 8. The van der Waals surface area contributed by atoms with Gasteiger partial charge in [-0.15, -0.1) is 0 Å². The van der Waals surface area contributed by atoms with Gasteiger partial charge in [-0.3, -0.25) is 0 Å². The van der Waals surface area contributed by atoms with Crippen molar-refractivity contribution in [2.24, 2.45) is 0 Å². The Morgan fingerprint density at radius 1 is 0.652 bits per heavy atom. The third kappa shape index (κ3) is 3.65. The van der Waals surface area contributed by atoms with Crippen LogP contribution in [-0.2, 0) is 14.2 Å². The summed E-state index contributed by atoms with van der Waals surface area (Å²) in [5.74, 6) is 0. The van der Waals surface area contributed by atoms with Crippen LogP contribution in [0.25, 0.3) is 0 Å². The summed E-state index contributed by atoms with van der Waals surface area (Å²) in [5, 5.41) is 76.5. The largest absolute Gasteiger partial charge is 0.394 e. The summed E-state index contributed by atoms with van der Waals surface area (Å²) in [6.45, 7) is -1.35. The Morgan fingerprint density at radius 3 is 1.83 bits per heavy atom. The lowest BCUT2D eigenvalue weighted by molar-refractivity contribution is -0.355. The molecular formula is C12H22O11. The molecule has 0 aromatic heterocycles. The van der Waals surface area contributed by atoms with Gasteiger partial charge in [-0.2, -0.15) is 0 Å². The summed E-state index contributed by atoms with van der Waals surface area (Å²) in [6, 6.07) is 0. The van der Waals surface area contributed by atoms with E-state index in [0.29, 0.717) is 0 Å². The molecule has 11 nitrogen and oxygen atoms in total. The lowest BCUT2D eigenvalue weighted by atomic mass is 9.97. The van der Waals surface area contributed by atoms with E-state index in [-0.39, 0.29) is 0 Å². The predicted molar refractivity (Wildman–Crippen MR) is 68.6 cm³/mol. The second-order valence-corrected chi connectivity index (χ2v) is 5.53. The van der Waals surface area contributed by atoms with Crippen molar-refractivity contribution >= 4 is 0 Å². The van der Waals surface area contributed by atoms with Crippen molar-refractivity contribution in [2.75, 3.05) is 13.2 Å². The van der Waals surface area contributed by atoms with Gasteiger partial charge in [-0.25, -0.2) is 0 Å². The Labute approximate surface area is 130 Å². The van der Waals surface area contributed by atoms with Crippen LogP contribution in [0.15, 0.2) is 0 Å². The van der Waals surface area contributed by atoms with Crippen molar-refractivity contribution in [1.82, 2.24) is 0 Å². The summed E-state index contributed by atoms with van der Waals surface area (Å²) in [6.07, 6.45) is -15.6. The monoisotopic (exact) mass is 342 g/mol.